The van der Waals surface area contributed by atoms with Crippen molar-refractivity contribution in [1.82, 2.24) is 10.2 Å². The second-order valence-corrected chi connectivity index (χ2v) is 4.01. The molecule has 1 atom stereocenters. The highest BCUT2D eigenvalue weighted by Gasteiger charge is 2.17. The fourth-order valence-electron chi connectivity index (χ4n) is 1.47. The number of amides is 1. The predicted molar refractivity (Wildman–Crippen MR) is 66.5 cm³/mol. The van der Waals surface area contributed by atoms with Crippen LogP contribution >= 0.6 is 0 Å². The Morgan fingerprint density at radius 2 is 2.12 bits per heavy atom. The first-order chi connectivity index (χ1) is 7.67. The minimum absolute atomic E-state index is 0.167. The summed E-state index contributed by atoms with van der Waals surface area (Å²) in [5.74, 6) is 0.167. The van der Waals surface area contributed by atoms with E-state index in [4.69, 9.17) is 4.74 Å². The van der Waals surface area contributed by atoms with Crippen LogP contribution in [0.1, 0.15) is 33.6 Å². The van der Waals surface area contributed by atoms with E-state index in [0.717, 1.165) is 19.4 Å². The van der Waals surface area contributed by atoms with Gasteiger partial charge in [0.1, 0.15) is 0 Å². The van der Waals surface area contributed by atoms with E-state index in [1.807, 2.05) is 4.90 Å². The normalized spacial score (nSPS) is 12.5. The molecule has 16 heavy (non-hydrogen) atoms. The van der Waals surface area contributed by atoms with Gasteiger partial charge in [-0.25, -0.2) is 0 Å². The van der Waals surface area contributed by atoms with Crippen molar-refractivity contribution in [2.45, 2.75) is 39.7 Å². The monoisotopic (exact) mass is 230 g/mol. The first kappa shape index (κ1) is 15.4. The Morgan fingerprint density at radius 3 is 2.62 bits per heavy atom. The molecule has 0 aliphatic rings. The average molecular weight is 230 g/mol. The largest absolute Gasteiger partial charge is 0.383 e. The Bertz CT molecular complexity index is 186. The Labute approximate surface area is 99.3 Å². The molecule has 0 aliphatic carbocycles. The van der Waals surface area contributed by atoms with E-state index in [1.165, 1.54) is 0 Å². The molecule has 1 amide bonds. The smallest absolute Gasteiger partial charge is 0.236 e. The van der Waals surface area contributed by atoms with Crippen molar-refractivity contribution in [3.63, 3.8) is 0 Å². The van der Waals surface area contributed by atoms with Gasteiger partial charge in [-0.15, -0.1) is 0 Å². The van der Waals surface area contributed by atoms with E-state index in [9.17, 15) is 4.79 Å². The number of nitrogens with one attached hydrogen (secondary N) is 1. The van der Waals surface area contributed by atoms with Crippen LogP contribution in [0.4, 0.5) is 0 Å². The summed E-state index contributed by atoms with van der Waals surface area (Å²) in [6, 6.07) is 0.283. The second kappa shape index (κ2) is 9.60. The van der Waals surface area contributed by atoms with Crippen molar-refractivity contribution in [1.29, 1.82) is 0 Å². The Morgan fingerprint density at radius 1 is 1.44 bits per heavy atom. The minimum Gasteiger partial charge on any atom is -0.383 e. The van der Waals surface area contributed by atoms with E-state index in [1.54, 1.807) is 7.11 Å². The van der Waals surface area contributed by atoms with E-state index >= 15 is 0 Å². The van der Waals surface area contributed by atoms with Crippen LogP contribution in [0.15, 0.2) is 0 Å². The zero-order valence-corrected chi connectivity index (χ0v) is 11.1. The van der Waals surface area contributed by atoms with Crippen LogP contribution in [0.2, 0.25) is 0 Å². The number of nitrogens with zero attached hydrogens (tertiary/aromatic N) is 1. The van der Waals surface area contributed by atoms with Gasteiger partial charge in [-0.05, 0) is 26.3 Å². The summed E-state index contributed by atoms with van der Waals surface area (Å²) in [5, 5.41) is 3.14. The number of carbonyl (C=O) groups excluding carboxylic acids is 1. The summed E-state index contributed by atoms with van der Waals surface area (Å²) < 4.78 is 5.03. The summed E-state index contributed by atoms with van der Waals surface area (Å²) >= 11 is 0. The SMILES string of the molecule is CCCNCC(=O)N(CCOC)C(C)CC. The van der Waals surface area contributed by atoms with Crippen molar-refractivity contribution in [2.24, 2.45) is 0 Å². The maximum Gasteiger partial charge on any atom is 0.236 e. The summed E-state index contributed by atoms with van der Waals surface area (Å²) in [4.78, 5) is 13.8. The lowest BCUT2D eigenvalue weighted by Gasteiger charge is -2.28. The third kappa shape index (κ3) is 6.08. The van der Waals surface area contributed by atoms with Crippen LogP contribution in [0.5, 0.6) is 0 Å². The Kier molecular flexibility index (Phi) is 9.24. The molecule has 0 saturated heterocycles. The number of carbonyl (C=O) groups is 1. The molecule has 0 rings (SSSR count). The molecular formula is C12H26N2O2. The van der Waals surface area contributed by atoms with E-state index in [-0.39, 0.29) is 11.9 Å². The summed E-state index contributed by atoms with van der Waals surface area (Å²) in [6.07, 6.45) is 2.03. The first-order valence-electron chi connectivity index (χ1n) is 6.16. The molecule has 4 heteroatoms. The Balaban J connectivity index is 4.09. The third-order valence-corrected chi connectivity index (χ3v) is 2.68. The van der Waals surface area contributed by atoms with Crippen molar-refractivity contribution < 1.29 is 9.53 Å². The summed E-state index contributed by atoms with van der Waals surface area (Å²) in [5.41, 5.74) is 0. The van der Waals surface area contributed by atoms with Gasteiger partial charge < -0.3 is 15.0 Å². The van der Waals surface area contributed by atoms with Gasteiger partial charge in [0, 0.05) is 19.7 Å². The number of rotatable bonds is 9. The van der Waals surface area contributed by atoms with E-state index < -0.39 is 0 Å². The zero-order chi connectivity index (χ0) is 12.4. The van der Waals surface area contributed by atoms with Gasteiger partial charge in [0.2, 0.25) is 5.91 Å². The van der Waals surface area contributed by atoms with Crippen LogP contribution in [-0.2, 0) is 9.53 Å². The third-order valence-electron chi connectivity index (χ3n) is 2.68. The molecule has 4 nitrogen and oxygen atoms in total. The van der Waals surface area contributed by atoms with Crippen LogP contribution in [-0.4, -0.2) is 50.2 Å². The van der Waals surface area contributed by atoms with E-state index in [0.29, 0.717) is 19.7 Å². The van der Waals surface area contributed by atoms with Gasteiger partial charge in [-0.1, -0.05) is 13.8 Å². The first-order valence-corrected chi connectivity index (χ1v) is 6.16. The molecule has 0 bridgehead atoms. The highest BCUT2D eigenvalue weighted by molar-refractivity contribution is 5.78. The van der Waals surface area contributed by atoms with Gasteiger partial charge >= 0.3 is 0 Å². The van der Waals surface area contributed by atoms with Crippen LogP contribution < -0.4 is 5.32 Å². The van der Waals surface area contributed by atoms with Gasteiger partial charge in [0.05, 0.1) is 13.2 Å². The van der Waals surface area contributed by atoms with Crippen molar-refractivity contribution in [3.8, 4) is 0 Å². The lowest BCUT2D eigenvalue weighted by Crippen LogP contribution is -2.44. The molecule has 0 spiro atoms. The lowest BCUT2D eigenvalue weighted by atomic mass is 10.2. The standard InChI is InChI=1S/C12H26N2O2/c1-5-7-13-10-12(15)14(8-9-16-4)11(3)6-2/h11,13H,5-10H2,1-4H3. The van der Waals surface area contributed by atoms with Crippen molar-refractivity contribution in [2.75, 3.05) is 33.4 Å². The number of hydrogen-bond donors (Lipinski definition) is 1. The molecule has 0 saturated carbocycles. The second-order valence-electron chi connectivity index (χ2n) is 4.01. The van der Waals surface area contributed by atoms with Crippen LogP contribution in [0, 0.1) is 0 Å². The Hall–Kier alpha value is -0.610. The molecule has 0 aliphatic heterocycles. The van der Waals surface area contributed by atoms with Gasteiger partial charge in [0.15, 0.2) is 0 Å². The molecule has 1 unspecified atom stereocenters. The average Bonchev–Trinajstić information content (AvgIpc) is 2.29. The van der Waals surface area contributed by atoms with Crippen molar-refractivity contribution >= 4 is 5.91 Å². The quantitative estimate of drug-likeness (QED) is 0.606. The predicted octanol–water partition coefficient (Wildman–Crippen LogP) is 1.26. The molecule has 96 valence electrons. The number of methoxy groups -OCH3 is 1. The fraction of sp³-hybridized carbons (Fsp3) is 0.917. The van der Waals surface area contributed by atoms with Crippen molar-refractivity contribution in [3.05, 3.63) is 0 Å². The van der Waals surface area contributed by atoms with Gasteiger partial charge in [0.25, 0.3) is 0 Å². The maximum atomic E-state index is 11.9. The van der Waals surface area contributed by atoms with Crippen LogP contribution in [0.25, 0.3) is 0 Å². The molecule has 0 heterocycles. The van der Waals surface area contributed by atoms with Gasteiger partial charge in [-0.2, -0.15) is 0 Å². The van der Waals surface area contributed by atoms with Crippen LogP contribution in [0.3, 0.4) is 0 Å². The molecule has 0 aromatic rings. The van der Waals surface area contributed by atoms with Gasteiger partial charge in [-0.3, -0.25) is 4.79 Å². The number of hydrogen-bond acceptors (Lipinski definition) is 3. The molecular weight excluding hydrogens is 204 g/mol. The minimum atomic E-state index is 0.167. The fourth-order valence-corrected chi connectivity index (χ4v) is 1.47. The maximum absolute atomic E-state index is 11.9. The zero-order valence-electron chi connectivity index (χ0n) is 11.1. The molecule has 0 aromatic carbocycles. The molecule has 0 aromatic heterocycles. The topological polar surface area (TPSA) is 41.6 Å². The van der Waals surface area contributed by atoms with E-state index in [2.05, 4.69) is 26.1 Å². The number of ether oxygens (including phenoxy) is 1. The summed E-state index contributed by atoms with van der Waals surface area (Å²) in [7, 11) is 1.66. The highest BCUT2D eigenvalue weighted by Crippen LogP contribution is 2.03. The summed E-state index contributed by atoms with van der Waals surface area (Å²) in [6.45, 7) is 8.87. The molecule has 0 radical (unpaired) electrons. The molecule has 1 N–H and O–H groups in total. The highest BCUT2D eigenvalue weighted by atomic mass is 16.5. The molecule has 0 fully saturated rings. The lowest BCUT2D eigenvalue weighted by molar-refractivity contribution is -0.133.